The average molecular weight is 371 g/mol. The van der Waals surface area contributed by atoms with Crippen LogP contribution >= 0.6 is 0 Å². The lowest BCUT2D eigenvalue weighted by Crippen LogP contribution is -3.00. The van der Waals surface area contributed by atoms with Crippen molar-refractivity contribution in [2.75, 3.05) is 32.8 Å². The minimum Gasteiger partial charge on any atom is -1.00 e. The van der Waals surface area contributed by atoms with Crippen LogP contribution < -0.4 is 24.0 Å². The number of halogens is 1. The molecule has 0 bridgehead atoms. The number of likely N-dealkylation sites (N-methyl/N-ethyl adjacent to an activating group) is 1. The maximum atomic E-state index is 11.1. The molecule has 0 spiro atoms. The molecule has 1 atom stereocenters. The van der Waals surface area contributed by atoms with Crippen molar-refractivity contribution in [1.82, 2.24) is 0 Å². The van der Waals surface area contributed by atoms with E-state index in [2.05, 4.69) is 20.8 Å². The van der Waals surface area contributed by atoms with Gasteiger partial charge in [-0.25, -0.2) is 4.79 Å². The molecule has 0 aliphatic rings. The highest BCUT2D eigenvalue weighted by Gasteiger charge is 2.25. The zero-order valence-electron chi connectivity index (χ0n) is 11.9. The molecule has 0 rings (SSSR count). The molecule has 0 saturated carbocycles. The van der Waals surface area contributed by atoms with Crippen LogP contribution in [0.1, 0.15) is 27.7 Å². The summed E-state index contributed by atoms with van der Waals surface area (Å²) >= 11 is 0. The number of quaternary nitrogens is 1. The van der Waals surface area contributed by atoms with E-state index in [9.17, 15) is 9.90 Å². The van der Waals surface area contributed by atoms with E-state index >= 15 is 0 Å². The van der Waals surface area contributed by atoms with Crippen molar-refractivity contribution in [1.29, 1.82) is 0 Å². The maximum absolute atomic E-state index is 11.1. The number of esters is 1. The second-order valence-electron chi connectivity index (χ2n) is 4.26. The van der Waals surface area contributed by atoms with Crippen LogP contribution in [0.4, 0.5) is 0 Å². The lowest BCUT2D eigenvalue weighted by molar-refractivity contribution is -0.926. The number of allylic oxidation sites excluding steroid dienone is 1. The molecule has 4 nitrogen and oxygen atoms in total. The molecular formula is C13H26INO3. The molecule has 108 valence electrons. The number of carbonyl (C=O) groups excluding carboxylic acids is 1. The number of hydrogen-bond donors (Lipinski definition) is 1. The van der Waals surface area contributed by atoms with Crippen molar-refractivity contribution in [3.05, 3.63) is 12.2 Å². The largest absolute Gasteiger partial charge is 1.00 e. The van der Waals surface area contributed by atoms with Gasteiger partial charge >= 0.3 is 5.97 Å². The first kappa shape index (κ1) is 20.2. The van der Waals surface area contributed by atoms with Crippen LogP contribution in [0, 0.1) is 0 Å². The van der Waals surface area contributed by atoms with Crippen molar-refractivity contribution < 1.29 is 43.1 Å². The van der Waals surface area contributed by atoms with Crippen molar-refractivity contribution in [3.8, 4) is 0 Å². The summed E-state index contributed by atoms with van der Waals surface area (Å²) < 4.78 is 5.79. The van der Waals surface area contributed by atoms with Gasteiger partial charge in [0.2, 0.25) is 0 Å². The van der Waals surface area contributed by atoms with Crippen LogP contribution in [0.5, 0.6) is 0 Å². The number of aliphatic hydroxyl groups excluding tert-OH is 1. The Labute approximate surface area is 128 Å². The number of carbonyl (C=O) groups is 1. The Morgan fingerprint density at radius 3 is 2.17 bits per heavy atom. The summed E-state index contributed by atoms with van der Waals surface area (Å²) in [6.07, 6.45) is 2.39. The normalized spacial score (nSPS) is 13.2. The first-order valence-corrected chi connectivity index (χ1v) is 6.36. The Hall–Kier alpha value is -0.140. The SMILES string of the molecule is CC=CC(=O)OCC(O)C[N+](CC)(CC)CC.[I-]. The molecule has 1 N–H and O–H groups in total. The zero-order valence-corrected chi connectivity index (χ0v) is 14.0. The molecule has 0 aromatic rings. The summed E-state index contributed by atoms with van der Waals surface area (Å²) in [7, 11) is 0. The van der Waals surface area contributed by atoms with Gasteiger partial charge in [0.15, 0.2) is 0 Å². The van der Waals surface area contributed by atoms with E-state index in [4.69, 9.17) is 4.74 Å². The van der Waals surface area contributed by atoms with Gasteiger partial charge in [-0.2, -0.15) is 0 Å². The molecule has 0 fully saturated rings. The Bertz CT molecular complexity index is 244. The summed E-state index contributed by atoms with van der Waals surface area (Å²) in [5, 5.41) is 9.88. The minimum atomic E-state index is -0.593. The smallest absolute Gasteiger partial charge is 0.330 e. The first-order valence-electron chi connectivity index (χ1n) is 6.36. The average Bonchev–Trinajstić information content (AvgIpc) is 2.34. The van der Waals surface area contributed by atoms with Crippen molar-refractivity contribution >= 4 is 5.97 Å². The van der Waals surface area contributed by atoms with E-state index in [1.54, 1.807) is 13.0 Å². The predicted octanol–water partition coefficient (Wildman–Crippen LogP) is -1.65. The zero-order chi connectivity index (χ0) is 13.3. The van der Waals surface area contributed by atoms with Crippen molar-refractivity contribution in [2.45, 2.75) is 33.8 Å². The maximum Gasteiger partial charge on any atom is 0.330 e. The van der Waals surface area contributed by atoms with E-state index in [-0.39, 0.29) is 30.6 Å². The molecule has 0 aromatic carbocycles. The van der Waals surface area contributed by atoms with Crippen LogP contribution in [0.2, 0.25) is 0 Å². The third kappa shape index (κ3) is 7.33. The lowest BCUT2D eigenvalue weighted by atomic mass is 10.2. The highest BCUT2D eigenvalue weighted by molar-refractivity contribution is 5.81. The number of nitrogens with zero attached hydrogens (tertiary/aromatic N) is 1. The predicted molar refractivity (Wildman–Crippen MR) is 68.5 cm³/mol. The Kier molecular flexibility index (Phi) is 12.1. The minimum absolute atomic E-state index is 0. The monoisotopic (exact) mass is 371 g/mol. The highest BCUT2D eigenvalue weighted by Crippen LogP contribution is 2.07. The number of rotatable bonds is 8. The second-order valence-corrected chi connectivity index (χ2v) is 4.26. The van der Waals surface area contributed by atoms with E-state index < -0.39 is 12.1 Å². The summed E-state index contributed by atoms with van der Waals surface area (Å²) in [5.41, 5.74) is 0. The molecule has 0 saturated heterocycles. The number of hydrogen-bond acceptors (Lipinski definition) is 3. The van der Waals surface area contributed by atoms with E-state index in [1.807, 2.05) is 0 Å². The molecule has 18 heavy (non-hydrogen) atoms. The Morgan fingerprint density at radius 2 is 1.78 bits per heavy atom. The van der Waals surface area contributed by atoms with Crippen LogP contribution in [0.15, 0.2) is 12.2 Å². The molecule has 0 amide bonds. The topological polar surface area (TPSA) is 46.5 Å². The highest BCUT2D eigenvalue weighted by atomic mass is 127. The third-order valence-electron chi connectivity index (χ3n) is 3.33. The molecule has 0 heterocycles. The second kappa shape index (κ2) is 10.8. The molecule has 1 unspecified atom stereocenters. The van der Waals surface area contributed by atoms with Gasteiger partial charge in [0.1, 0.15) is 19.3 Å². The number of ether oxygens (including phenoxy) is 1. The first-order chi connectivity index (χ1) is 8.03. The summed E-state index contributed by atoms with van der Waals surface area (Å²) in [4.78, 5) is 11.1. The van der Waals surface area contributed by atoms with Gasteiger partial charge < -0.3 is 38.3 Å². The van der Waals surface area contributed by atoms with Crippen LogP contribution in [0.3, 0.4) is 0 Å². The van der Waals surface area contributed by atoms with Gasteiger partial charge in [-0.1, -0.05) is 6.08 Å². The number of aliphatic hydroxyl groups is 1. The van der Waals surface area contributed by atoms with E-state index in [0.29, 0.717) is 6.54 Å². The quantitative estimate of drug-likeness (QED) is 0.241. The fourth-order valence-corrected chi connectivity index (χ4v) is 1.92. The van der Waals surface area contributed by atoms with Crippen LogP contribution in [0.25, 0.3) is 0 Å². The molecule has 0 radical (unpaired) electrons. The van der Waals surface area contributed by atoms with Gasteiger partial charge in [-0.3, -0.25) is 0 Å². The summed E-state index contributed by atoms with van der Waals surface area (Å²) in [5.74, 6) is -0.394. The fourth-order valence-electron chi connectivity index (χ4n) is 1.92. The Balaban J connectivity index is 0. The Morgan fingerprint density at radius 1 is 1.28 bits per heavy atom. The van der Waals surface area contributed by atoms with Gasteiger partial charge in [0, 0.05) is 6.08 Å². The molecule has 0 aliphatic carbocycles. The fraction of sp³-hybridized carbons (Fsp3) is 0.769. The molecular weight excluding hydrogens is 345 g/mol. The van der Waals surface area contributed by atoms with Crippen molar-refractivity contribution in [2.24, 2.45) is 0 Å². The summed E-state index contributed by atoms with van der Waals surface area (Å²) in [6, 6.07) is 0. The van der Waals surface area contributed by atoms with Gasteiger partial charge in [0.05, 0.1) is 19.6 Å². The molecule has 0 aromatic heterocycles. The van der Waals surface area contributed by atoms with Gasteiger partial charge in [0.25, 0.3) is 0 Å². The van der Waals surface area contributed by atoms with Crippen molar-refractivity contribution in [3.63, 3.8) is 0 Å². The van der Waals surface area contributed by atoms with E-state index in [1.165, 1.54) is 6.08 Å². The van der Waals surface area contributed by atoms with Gasteiger partial charge in [-0.05, 0) is 27.7 Å². The standard InChI is InChI=1S/C13H26NO3.HI/c1-5-9-13(16)17-11-12(15)10-14(6-2,7-3)8-4;/h5,9,12,15H,6-8,10-11H2,1-4H3;1H/q+1;/p-1. The molecule has 5 heteroatoms. The summed E-state index contributed by atoms with van der Waals surface area (Å²) in [6.45, 7) is 11.7. The van der Waals surface area contributed by atoms with Crippen LogP contribution in [-0.2, 0) is 9.53 Å². The van der Waals surface area contributed by atoms with E-state index in [0.717, 1.165) is 24.1 Å². The van der Waals surface area contributed by atoms with Crippen LogP contribution in [-0.4, -0.2) is 54.4 Å². The van der Waals surface area contributed by atoms with Gasteiger partial charge in [-0.15, -0.1) is 0 Å². The molecule has 0 aliphatic heterocycles. The third-order valence-corrected chi connectivity index (χ3v) is 3.33. The lowest BCUT2D eigenvalue weighted by Gasteiger charge is -2.37.